The highest BCUT2D eigenvalue weighted by Gasteiger charge is 2.13. The molecule has 0 fully saturated rings. The summed E-state index contributed by atoms with van der Waals surface area (Å²) >= 11 is 3.51. The summed E-state index contributed by atoms with van der Waals surface area (Å²) in [5, 5.41) is 0. The molecule has 1 atom stereocenters. The topological polar surface area (TPSA) is 32.9 Å². The maximum absolute atomic E-state index is 11.3. The quantitative estimate of drug-likeness (QED) is 0.588. The van der Waals surface area contributed by atoms with E-state index in [4.69, 9.17) is 0 Å². The molecule has 3 aromatic rings. The lowest BCUT2D eigenvalue weighted by Crippen LogP contribution is -1.99. The molecular formula is C21H19BrNOP. The van der Waals surface area contributed by atoms with Crippen LogP contribution in [0.4, 0.5) is 0 Å². The Morgan fingerprint density at radius 1 is 1.08 bits per heavy atom. The van der Waals surface area contributed by atoms with Crippen molar-refractivity contribution in [3.05, 3.63) is 97.0 Å². The molecule has 4 rings (SSSR count). The number of rotatable bonds is 5. The molecule has 0 aliphatic heterocycles. The summed E-state index contributed by atoms with van der Waals surface area (Å²) in [6.07, 6.45) is 8.52. The number of aryl methyl sites for hydroxylation is 2. The number of aromatic amines is 1. The molecule has 25 heavy (non-hydrogen) atoms. The van der Waals surface area contributed by atoms with E-state index in [-0.39, 0.29) is 5.56 Å². The predicted octanol–water partition coefficient (Wildman–Crippen LogP) is 5.53. The molecule has 4 heteroatoms. The van der Waals surface area contributed by atoms with E-state index >= 15 is 0 Å². The number of nitrogens with one attached hydrogen (secondary N) is 1. The van der Waals surface area contributed by atoms with Gasteiger partial charge in [-0.3, -0.25) is 4.79 Å². The molecule has 126 valence electrons. The first kappa shape index (κ1) is 16.6. The van der Waals surface area contributed by atoms with E-state index < -0.39 is 7.69 Å². The molecule has 0 radical (unpaired) electrons. The van der Waals surface area contributed by atoms with Gasteiger partial charge in [-0.2, -0.15) is 0 Å². The number of hydrogen-bond donors (Lipinski definition) is 1. The Kier molecular flexibility index (Phi) is 4.78. The highest BCUT2D eigenvalue weighted by molar-refractivity contribution is 9.10. The van der Waals surface area contributed by atoms with Crippen molar-refractivity contribution in [3.8, 4) is 0 Å². The SMILES string of the molecule is O=c1ccp(CCc2cc3c(c(Cc4ccc(Br)cc4)c2)CC=C3)[nH]1. The van der Waals surface area contributed by atoms with Gasteiger partial charge in [0, 0.05) is 16.7 Å². The molecule has 1 N–H and O–H groups in total. The first-order chi connectivity index (χ1) is 12.2. The van der Waals surface area contributed by atoms with E-state index in [2.05, 4.69) is 69.2 Å². The largest absolute Gasteiger partial charge is 0.313 e. The molecule has 0 amide bonds. The molecule has 0 spiro atoms. The molecule has 0 saturated heterocycles. The molecule has 0 saturated carbocycles. The van der Waals surface area contributed by atoms with Gasteiger partial charge in [0.15, 0.2) is 0 Å². The van der Waals surface area contributed by atoms with Crippen LogP contribution in [0.15, 0.2) is 63.6 Å². The Balaban J connectivity index is 1.59. The molecule has 2 nitrogen and oxygen atoms in total. The minimum absolute atomic E-state index is 0.0546. The molecule has 1 heterocycles. The summed E-state index contributed by atoms with van der Waals surface area (Å²) in [6.45, 7) is 0. The molecule has 1 unspecified atom stereocenters. The third-order valence-corrected chi connectivity index (χ3v) is 6.92. The average Bonchev–Trinajstić information content (AvgIpc) is 3.24. The van der Waals surface area contributed by atoms with Crippen LogP contribution >= 0.6 is 23.6 Å². The maximum atomic E-state index is 11.3. The first-order valence-electron chi connectivity index (χ1n) is 8.48. The van der Waals surface area contributed by atoms with Crippen molar-refractivity contribution in [1.82, 2.24) is 4.75 Å². The summed E-state index contributed by atoms with van der Waals surface area (Å²) in [4.78, 5) is 11.3. The van der Waals surface area contributed by atoms with Crippen molar-refractivity contribution in [1.29, 1.82) is 0 Å². The molecule has 1 aliphatic carbocycles. The van der Waals surface area contributed by atoms with E-state index in [9.17, 15) is 4.79 Å². The van der Waals surface area contributed by atoms with Gasteiger partial charge >= 0.3 is 0 Å². The molecule has 1 aromatic heterocycles. The van der Waals surface area contributed by atoms with E-state index in [1.165, 1.54) is 27.8 Å². The Bertz CT molecular complexity index is 982. The lowest BCUT2D eigenvalue weighted by molar-refractivity contribution is 1.04. The van der Waals surface area contributed by atoms with Crippen LogP contribution in [-0.4, -0.2) is 4.75 Å². The number of allylic oxidation sites excluding steroid dienone is 1. The number of fused-ring (bicyclic) bond motifs is 1. The van der Waals surface area contributed by atoms with Gasteiger partial charge < -0.3 is 4.75 Å². The fourth-order valence-corrected chi connectivity index (χ4v) is 5.18. The summed E-state index contributed by atoms with van der Waals surface area (Å²) in [6, 6.07) is 14.9. The number of benzene rings is 2. The zero-order valence-corrected chi connectivity index (χ0v) is 16.3. The van der Waals surface area contributed by atoms with Crippen LogP contribution in [-0.2, 0) is 25.4 Å². The van der Waals surface area contributed by atoms with Crippen molar-refractivity contribution >= 4 is 29.7 Å². The van der Waals surface area contributed by atoms with E-state index in [0.717, 1.165) is 29.9 Å². The van der Waals surface area contributed by atoms with Gasteiger partial charge in [0.25, 0.3) is 5.56 Å². The number of hydrogen-bond acceptors (Lipinski definition) is 1. The van der Waals surface area contributed by atoms with Crippen LogP contribution < -0.4 is 5.56 Å². The fraction of sp³-hybridized carbons (Fsp3) is 0.190. The standard InChI is InChI=1S/C21H19BrNOP/c22-19-6-4-15(5-7-19)12-18-14-16(13-17-2-1-3-20(17)18)8-10-25-11-9-21(24)23-25/h1-2,4-7,9,11,13-14H,3,8,10,12H2,(H,23,24). The van der Waals surface area contributed by atoms with Crippen molar-refractivity contribution in [2.75, 3.05) is 0 Å². The third kappa shape index (κ3) is 3.89. The summed E-state index contributed by atoms with van der Waals surface area (Å²) < 4.78 is 4.15. The molecule has 0 bridgehead atoms. The second-order valence-corrected chi connectivity index (χ2v) is 9.29. The Morgan fingerprint density at radius 2 is 1.92 bits per heavy atom. The van der Waals surface area contributed by atoms with E-state index in [0.29, 0.717) is 0 Å². The zero-order valence-electron chi connectivity index (χ0n) is 13.8. The van der Waals surface area contributed by atoms with Crippen molar-refractivity contribution < 1.29 is 0 Å². The maximum Gasteiger partial charge on any atom is 0.251 e. The van der Waals surface area contributed by atoms with Gasteiger partial charge in [0.1, 0.15) is 0 Å². The van der Waals surface area contributed by atoms with Crippen molar-refractivity contribution in [2.24, 2.45) is 0 Å². The summed E-state index contributed by atoms with van der Waals surface area (Å²) in [7, 11) is -0.479. The number of H-pyrrole nitrogens is 1. The van der Waals surface area contributed by atoms with Crippen LogP contribution in [0.5, 0.6) is 0 Å². The highest BCUT2D eigenvalue weighted by atomic mass is 79.9. The second kappa shape index (κ2) is 7.19. The summed E-state index contributed by atoms with van der Waals surface area (Å²) in [5.41, 5.74) is 7.02. The number of aromatic nitrogens is 1. The minimum atomic E-state index is -0.479. The lowest BCUT2D eigenvalue weighted by Gasteiger charge is -2.12. The van der Waals surface area contributed by atoms with Crippen LogP contribution in [0.3, 0.4) is 0 Å². The summed E-state index contributed by atoms with van der Waals surface area (Å²) in [5.74, 6) is 2.04. The van der Waals surface area contributed by atoms with Gasteiger partial charge in [0.05, 0.1) is 0 Å². The Morgan fingerprint density at radius 3 is 2.68 bits per heavy atom. The second-order valence-electron chi connectivity index (χ2n) is 6.47. The van der Waals surface area contributed by atoms with Crippen molar-refractivity contribution in [2.45, 2.75) is 25.4 Å². The Labute approximate surface area is 156 Å². The van der Waals surface area contributed by atoms with Crippen LogP contribution in [0.25, 0.3) is 6.08 Å². The molecular weight excluding hydrogens is 393 g/mol. The minimum Gasteiger partial charge on any atom is -0.313 e. The van der Waals surface area contributed by atoms with Crippen LogP contribution in [0.1, 0.15) is 27.8 Å². The Hall–Kier alpha value is -1.83. The monoisotopic (exact) mass is 411 g/mol. The predicted molar refractivity (Wildman–Crippen MR) is 110 cm³/mol. The number of halogens is 1. The van der Waals surface area contributed by atoms with Gasteiger partial charge in [-0.1, -0.05) is 60.0 Å². The van der Waals surface area contributed by atoms with E-state index in [1.54, 1.807) is 6.07 Å². The first-order valence-corrected chi connectivity index (χ1v) is 10.9. The third-order valence-electron chi connectivity index (χ3n) is 4.66. The molecule has 2 aromatic carbocycles. The van der Waals surface area contributed by atoms with Crippen LogP contribution in [0, 0.1) is 0 Å². The molecule has 1 aliphatic rings. The zero-order chi connectivity index (χ0) is 17.2. The average molecular weight is 412 g/mol. The van der Waals surface area contributed by atoms with Crippen LogP contribution in [0.2, 0.25) is 0 Å². The van der Waals surface area contributed by atoms with Gasteiger partial charge in [-0.05, 0) is 65.0 Å². The smallest absolute Gasteiger partial charge is 0.251 e. The fourth-order valence-electron chi connectivity index (χ4n) is 3.40. The lowest BCUT2D eigenvalue weighted by atomic mass is 9.93. The van der Waals surface area contributed by atoms with Gasteiger partial charge in [-0.15, -0.1) is 0 Å². The normalized spacial score (nSPS) is 13.2. The van der Waals surface area contributed by atoms with Gasteiger partial charge in [-0.25, -0.2) is 0 Å². The highest BCUT2D eigenvalue weighted by Crippen LogP contribution is 2.30. The van der Waals surface area contributed by atoms with Crippen molar-refractivity contribution in [3.63, 3.8) is 0 Å². The van der Waals surface area contributed by atoms with E-state index in [1.807, 2.05) is 5.80 Å². The van der Waals surface area contributed by atoms with Gasteiger partial charge in [0.2, 0.25) is 0 Å².